The van der Waals surface area contributed by atoms with Gasteiger partial charge in [-0.25, -0.2) is 13.2 Å². The van der Waals surface area contributed by atoms with Gasteiger partial charge in [-0.3, -0.25) is 9.48 Å². The third-order valence-electron chi connectivity index (χ3n) is 5.10. The van der Waals surface area contributed by atoms with Gasteiger partial charge in [0.2, 0.25) is 5.91 Å². The van der Waals surface area contributed by atoms with Gasteiger partial charge in [-0.05, 0) is 36.8 Å². The van der Waals surface area contributed by atoms with Gasteiger partial charge in [0.1, 0.15) is 5.00 Å². The number of esters is 1. The van der Waals surface area contributed by atoms with E-state index in [0.29, 0.717) is 21.0 Å². The molecule has 2 aromatic heterocycles. The number of anilines is 1. The van der Waals surface area contributed by atoms with E-state index in [1.54, 1.807) is 17.8 Å². The summed E-state index contributed by atoms with van der Waals surface area (Å²) in [4.78, 5) is 25.8. The number of carbonyl (C=O) groups excluding carboxylic acids is 2. The maximum atomic E-state index is 12.7. The number of sulfone groups is 1. The van der Waals surface area contributed by atoms with Crippen LogP contribution in [0.15, 0.2) is 12.4 Å². The minimum atomic E-state index is -3.18. The normalized spacial score (nSPS) is 22.4. The number of fused-ring (bicyclic) bond motifs is 1. The van der Waals surface area contributed by atoms with Crippen molar-refractivity contribution in [1.29, 1.82) is 0 Å². The molecule has 0 spiro atoms. The lowest BCUT2D eigenvalue weighted by Crippen LogP contribution is -2.20. The van der Waals surface area contributed by atoms with Gasteiger partial charge in [0, 0.05) is 24.0 Å². The van der Waals surface area contributed by atoms with Crippen LogP contribution in [-0.2, 0) is 38.6 Å². The number of carbonyl (C=O) groups is 2. The van der Waals surface area contributed by atoms with Crippen molar-refractivity contribution in [2.45, 2.75) is 31.4 Å². The van der Waals surface area contributed by atoms with Crippen molar-refractivity contribution in [3.8, 4) is 0 Å². The smallest absolute Gasteiger partial charge is 0.341 e. The van der Waals surface area contributed by atoms with Crippen LogP contribution in [0.25, 0.3) is 0 Å². The molecule has 4 rings (SSSR count). The molecular weight excluding hydrogens is 402 g/mol. The molecule has 1 saturated carbocycles. The van der Waals surface area contributed by atoms with Gasteiger partial charge in [0.15, 0.2) is 9.84 Å². The zero-order valence-electron chi connectivity index (χ0n) is 15.6. The number of hydrogen-bond acceptors (Lipinski definition) is 7. The number of thiophene rings is 1. The summed E-state index contributed by atoms with van der Waals surface area (Å²) in [7, 11) is -1.35. The zero-order chi connectivity index (χ0) is 20.1. The second kappa shape index (κ2) is 7.00. The Morgan fingerprint density at radius 3 is 2.89 bits per heavy atom. The largest absolute Gasteiger partial charge is 0.462 e. The summed E-state index contributed by atoms with van der Waals surface area (Å²) < 4.78 is 30.8. The van der Waals surface area contributed by atoms with Crippen LogP contribution in [0.3, 0.4) is 0 Å². The number of nitrogens with zero attached hydrogens (tertiary/aromatic N) is 2. The first-order valence-corrected chi connectivity index (χ1v) is 11.7. The van der Waals surface area contributed by atoms with E-state index in [0.717, 1.165) is 23.3 Å². The lowest BCUT2D eigenvalue weighted by Gasteiger charge is -2.13. The maximum Gasteiger partial charge on any atom is 0.341 e. The van der Waals surface area contributed by atoms with Crippen molar-refractivity contribution in [3.05, 3.63) is 34.0 Å². The van der Waals surface area contributed by atoms with E-state index in [1.807, 2.05) is 13.2 Å². The molecule has 28 heavy (non-hydrogen) atoms. The van der Waals surface area contributed by atoms with Gasteiger partial charge in [0.05, 0.1) is 29.9 Å². The molecule has 2 aliphatic rings. The van der Waals surface area contributed by atoms with Crippen molar-refractivity contribution in [3.63, 3.8) is 0 Å². The third kappa shape index (κ3) is 3.58. The summed E-state index contributed by atoms with van der Waals surface area (Å²) >= 11 is 1.16. The van der Waals surface area contributed by atoms with Crippen LogP contribution in [0.5, 0.6) is 0 Å². The Bertz CT molecular complexity index is 1050. The van der Waals surface area contributed by atoms with Gasteiger partial charge < -0.3 is 10.1 Å². The highest BCUT2D eigenvalue weighted by Gasteiger charge is 2.45. The molecule has 0 aromatic carbocycles. The Morgan fingerprint density at radius 1 is 1.43 bits per heavy atom. The van der Waals surface area contributed by atoms with E-state index in [4.69, 9.17) is 4.74 Å². The molecule has 1 aliphatic carbocycles. The van der Waals surface area contributed by atoms with E-state index in [1.165, 1.54) is 0 Å². The molecule has 10 heteroatoms. The second-order valence-electron chi connectivity index (χ2n) is 7.16. The highest BCUT2D eigenvalue weighted by molar-refractivity contribution is 7.90. The number of aryl methyl sites for hydroxylation is 1. The molecule has 1 aliphatic heterocycles. The zero-order valence-corrected chi connectivity index (χ0v) is 17.2. The maximum absolute atomic E-state index is 12.7. The van der Waals surface area contributed by atoms with Gasteiger partial charge >= 0.3 is 5.97 Å². The van der Waals surface area contributed by atoms with Gasteiger partial charge in [0.25, 0.3) is 0 Å². The summed E-state index contributed by atoms with van der Waals surface area (Å²) in [6.07, 6.45) is 4.65. The Labute approximate surface area is 166 Å². The van der Waals surface area contributed by atoms with Crippen molar-refractivity contribution in [2.24, 2.45) is 13.0 Å². The first kappa shape index (κ1) is 19.1. The van der Waals surface area contributed by atoms with Crippen molar-refractivity contribution >= 4 is 38.1 Å². The first-order chi connectivity index (χ1) is 13.3. The monoisotopic (exact) mass is 423 g/mol. The Kier molecular flexibility index (Phi) is 4.78. The van der Waals surface area contributed by atoms with E-state index in [-0.39, 0.29) is 42.3 Å². The molecule has 1 amide bonds. The highest BCUT2D eigenvalue weighted by atomic mass is 32.2. The van der Waals surface area contributed by atoms with E-state index in [2.05, 4.69) is 10.4 Å². The molecule has 3 heterocycles. The number of aromatic nitrogens is 2. The summed E-state index contributed by atoms with van der Waals surface area (Å²) in [5.41, 5.74) is 2.02. The predicted molar refractivity (Wildman–Crippen MR) is 104 cm³/mol. The third-order valence-corrected chi connectivity index (χ3v) is 7.99. The Morgan fingerprint density at radius 2 is 2.21 bits per heavy atom. The van der Waals surface area contributed by atoms with Crippen LogP contribution >= 0.6 is 11.3 Å². The average molecular weight is 424 g/mol. The Balaban J connectivity index is 1.58. The number of nitrogens with one attached hydrogen (secondary N) is 1. The first-order valence-electron chi connectivity index (χ1n) is 9.10. The number of amides is 1. The molecule has 8 nitrogen and oxygen atoms in total. The topological polar surface area (TPSA) is 107 Å². The number of rotatable bonds is 5. The van der Waals surface area contributed by atoms with Crippen molar-refractivity contribution < 1.29 is 22.7 Å². The summed E-state index contributed by atoms with van der Waals surface area (Å²) in [5.74, 6) is -0.842. The highest BCUT2D eigenvalue weighted by Crippen LogP contribution is 2.48. The number of ether oxygens (including phenoxy) is 1. The quantitative estimate of drug-likeness (QED) is 0.736. The molecule has 2 aromatic rings. The minimum Gasteiger partial charge on any atom is -0.462 e. The fourth-order valence-corrected chi connectivity index (χ4v) is 6.66. The van der Waals surface area contributed by atoms with Crippen LogP contribution in [0.4, 0.5) is 5.00 Å². The lowest BCUT2D eigenvalue weighted by atomic mass is 10.1. The van der Waals surface area contributed by atoms with Crippen molar-refractivity contribution in [1.82, 2.24) is 9.78 Å². The lowest BCUT2D eigenvalue weighted by molar-refractivity contribution is -0.117. The van der Waals surface area contributed by atoms with Crippen LogP contribution < -0.4 is 5.32 Å². The SMILES string of the molecule is CCOC(=O)c1c(NC(=O)C2CC2c2cnn(C)c2)sc2c1CCS(=O)(=O)C2. The molecule has 2 unspecified atom stereocenters. The van der Waals surface area contributed by atoms with Gasteiger partial charge in [-0.2, -0.15) is 5.10 Å². The van der Waals surface area contributed by atoms with E-state index in [9.17, 15) is 18.0 Å². The van der Waals surface area contributed by atoms with E-state index < -0.39 is 15.8 Å². The van der Waals surface area contributed by atoms with Gasteiger partial charge in [-0.1, -0.05) is 0 Å². The van der Waals surface area contributed by atoms with Gasteiger partial charge in [-0.15, -0.1) is 11.3 Å². The van der Waals surface area contributed by atoms with Crippen LogP contribution in [0, 0.1) is 5.92 Å². The molecule has 150 valence electrons. The molecular formula is C18H21N3O5S2. The minimum absolute atomic E-state index is 0.00221. The van der Waals surface area contributed by atoms with Crippen molar-refractivity contribution in [2.75, 3.05) is 17.7 Å². The fraction of sp³-hybridized carbons (Fsp3) is 0.500. The molecule has 0 radical (unpaired) electrons. The molecule has 2 atom stereocenters. The standard InChI is InChI=1S/C18H21N3O5S2/c1-3-26-18(23)15-11-4-5-28(24,25)9-14(11)27-17(15)20-16(22)13-6-12(13)10-7-19-21(2)8-10/h7-8,12-13H,3-6,9H2,1-2H3,(H,20,22). The summed E-state index contributed by atoms with van der Waals surface area (Å²) in [6, 6.07) is 0. The second-order valence-corrected chi connectivity index (χ2v) is 10.4. The van der Waals surface area contributed by atoms with Crippen LogP contribution in [-0.4, -0.2) is 42.4 Å². The Hall–Kier alpha value is -2.20. The molecule has 1 N–H and O–H groups in total. The molecule has 1 fully saturated rings. The molecule has 0 saturated heterocycles. The summed E-state index contributed by atoms with van der Waals surface area (Å²) in [6.45, 7) is 1.92. The van der Waals surface area contributed by atoms with E-state index >= 15 is 0 Å². The van der Waals surface area contributed by atoms with Crippen LogP contribution in [0.1, 0.15) is 45.6 Å². The predicted octanol–water partition coefficient (Wildman–Crippen LogP) is 1.87. The fourth-order valence-electron chi connectivity index (χ4n) is 3.62. The molecule has 0 bridgehead atoms. The average Bonchev–Trinajstić information content (AvgIpc) is 3.19. The van der Waals surface area contributed by atoms with Crippen LogP contribution in [0.2, 0.25) is 0 Å². The number of hydrogen-bond donors (Lipinski definition) is 1. The summed E-state index contributed by atoms with van der Waals surface area (Å²) in [5, 5.41) is 7.39.